The summed E-state index contributed by atoms with van der Waals surface area (Å²) in [4.78, 5) is 13.4. The molecule has 3 heterocycles. The normalized spacial score (nSPS) is 28.6. The van der Waals surface area contributed by atoms with E-state index in [1.165, 1.54) is 0 Å². The summed E-state index contributed by atoms with van der Waals surface area (Å²) >= 11 is 1.59. The van der Waals surface area contributed by atoms with E-state index in [9.17, 15) is 9.90 Å². The molecule has 1 aromatic rings. The van der Waals surface area contributed by atoms with Crippen molar-refractivity contribution in [3.63, 3.8) is 0 Å². The van der Waals surface area contributed by atoms with E-state index in [2.05, 4.69) is 10.6 Å². The van der Waals surface area contributed by atoms with Gasteiger partial charge in [-0.05, 0) is 30.7 Å². The van der Waals surface area contributed by atoms with Gasteiger partial charge in [0.05, 0.1) is 30.9 Å². The standard InChI is InChI=1S/C16H24N2O3S/c1-16(2,9-19)14(13-4-3-7-22-13)18-15(20)17-11-8-10-5-6-12(11)21-10/h3-4,7,10-12,14,19H,5-6,8-9H2,1-2H3,(H2,17,18,20)/t10-,11-,12+,14?/m1/s1. The van der Waals surface area contributed by atoms with Crippen molar-refractivity contribution in [2.75, 3.05) is 6.61 Å². The Morgan fingerprint density at radius 3 is 2.91 bits per heavy atom. The molecule has 1 aromatic heterocycles. The van der Waals surface area contributed by atoms with Gasteiger partial charge >= 0.3 is 6.03 Å². The molecule has 2 amide bonds. The van der Waals surface area contributed by atoms with E-state index in [4.69, 9.17) is 4.74 Å². The van der Waals surface area contributed by atoms with Gasteiger partial charge < -0.3 is 20.5 Å². The molecule has 2 saturated heterocycles. The largest absolute Gasteiger partial charge is 0.396 e. The molecule has 2 aliphatic rings. The van der Waals surface area contributed by atoms with Crippen molar-refractivity contribution in [1.29, 1.82) is 0 Å². The number of urea groups is 1. The second-order valence-corrected chi connectivity index (χ2v) is 7.91. The molecular weight excluding hydrogens is 300 g/mol. The van der Waals surface area contributed by atoms with Crippen LogP contribution in [0, 0.1) is 5.41 Å². The lowest BCUT2D eigenvalue weighted by molar-refractivity contribution is 0.0969. The SMILES string of the molecule is CC(C)(CO)C(NC(=O)N[C@@H]1C[C@H]2CC[C@@H]1O2)c1cccs1. The minimum absolute atomic E-state index is 0.00703. The average Bonchev–Trinajstić information content (AvgIpc) is 3.21. The lowest BCUT2D eigenvalue weighted by atomic mass is 9.84. The van der Waals surface area contributed by atoms with Gasteiger partial charge in [0.25, 0.3) is 0 Å². The van der Waals surface area contributed by atoms with Gasteiger partial charge in [0, 0.05) is 10.3 Å². The summed E-state index contributed by atoms with van der Waals surface area (Å²) in [7, 11) is 0. The van der Waals surface area contributed by atoms with Gasteiger partial charge in [0.1, 0.15) is 0 Å². The minimum atomic E-state index is -0.423. The van der Waals surface area contributed by atoms with Crippen LogP contribution in [0.1, 0.15) is 44.0 Å². The van der Waals surface area contributed by atoms with Gasteiger partial charge in [0.15, 0.2) is 0 Å². The fraction of sp³-hybridized carbons (Fsp3) is 0.688. The predicted octanol–water partition coefficient (Wildman–Crippen LogP) is 2.43. The molecule has 6 heteroatoms. The van der Waals surface area contributed by atoms with Crippen LogP contribution in [0.3, 0.4) is 0 Å². The maximum atomic E-state index is 12.4. The van der Waals surface area contributed by atoms with Crippen molar-refractivity contribution in [1.82, 2.24) is 10.6 Å². The summed E-state index contributed by atoms with van der Waals surface area (Å²) < 4.78 is 5.77. The van der Waals surface area contributed by atoms with E-state index in [0.29, 0.717) is 6.10 Å². The number of hydrogen-bond acceptors (Lipinski definition) is 4. The number of carbonyl (C=O) groups excluding carboxylic acids is 1. The van der Waals surface area contributed by atoms with Crippen LogP contribution in [0.4, 0.5) is 4.79 Å². The van der Waals surface area contributed by atoms with Crippen LogP contribution in [0.5, 0.6) is 0 Å². The Labute approximate surface area is 135 Å². The Morgan fingerprint density at radius 1 is 1.55 bits per heavy atom. The number of hydrogen-bond donors (Lipinski definition) is 3. The summed E-state index contributed by atoms with van der Waals surface area (Å²) in [5.74, 6) is 0. The van der Waals surface area contributed by atoms with E-state index in [1.807, 2.05) is 31.4 Å². The Bertz CT molecular complexity index is 517. The van der Waals surface area contributed by atoms with Crippen molar-refractivity contribution < 1.29 is 14.6 Å². The molecule has 0 radical (unpaired) electrons. The molecule has 2 fully saturated rings. The zero-order valence-corrected chi connectivity index (χ0v) is 13.9. The number of aliphatic hydroxyl groups excluding tert-OH is 1. The first kappa shape index (κ1) is 15.8. The maximum Gasteiger partial charge on any atom is 0.315 e. The van der Waals surface area contributed by atoms with Crippen molar-refractivity contribution in [3.05, 3.63) is 22.4 Å². The van der Waals surface area contributed by atoms with Crippen LogP contribution in [0.15, 0.2) is 17.5 Å². The molecular formula is C16H24N2O3S. The van der Waals surface area contributed by atoms with E-state index in [0.717, 1.165) is 24.1 Å². The number of fused-ring (bicyclic) bond motifs is 2. The molecule has 3 N–H and O–H groups in total. The summed E-state index contributed by atoms with van der Waals surface area (Å²) in [6.07, 6.45) is 3.54. The zero-order valence-electron chi connectivity index (χ0n) is 13.0. The van der Waals surface area contributed by atoms with Crippen molar-refractivity contribution in [3.8, 4) is 0 Å². The smallest absolute Gasteiger partial charge is 0.315 e. The van der Waals surface area contributed by atoms with Crippen LogP contribution < -0.4 is 10.6 Å². The number of rotatable bonds is 5. The van der Waals surface area contributed by atoms with Gasteiger partial charge in [-0.15, -0.1) is 11.3 Å². The number of aliphatic hydroxyl groups is 1. The van der Waals surface area contributed by atoms with E-state index in [1.54, 1.807) is 11.3 Å². The lowest BCUT2D eigenvalue weighted by Crippen LogP contribution is -2.49. The number of ether oxygens (including phenoxy) is 1. The maximum absolute atomic E-state index is 12.4. The highest BCUT2D eigenvalue weighted by Gasteiger charge is 2.42. The Morgan fingerprint density at radius 2 is 2.36 bits per heavy atom. The molecule has 0 aliphatic carbocycles. The molecule has 0 aromatic carbocycles. The van der Waals surface area contributed by atoms with Crippen molar-refractivity contribution in [2.45, 2.75) is 57.4 Å². The van der Waals surface area contributed by atoms with E-state index in [-0.39, 0.29) is 30.8 Å². The monoisotopic (exact) mass is 324 g/mol. The molecule has 0 spiro atoms. The number of amides is 2. The second kappa shape index (κ2) is 6.18. The highest BCUT2D eigenvalue weighted by atomic mass is 32.1. The molecule has 122 valence electrons. The van der Waals surface area contributed by atoms with Crippen LogP contribution in [0.25, 0.3) is 0 Å². The van der Waals surface area contributed by atoms with Crippen LogP contribution in [-0.4, -0.2) is 36.0 Å². The van der Waals surface area contributed by atoms with Gasteiger partial charge in [-0.2, -0.15) is 0 Å². The van der Waals surface area contributed by atoms with Crippen molar-refractivity contribution >= 4 is 17.4 Å². The van der Waals surface area contributed by atoms with Gasteiger partial charge in [-0.1, -0.05) is 19.9 Å². The first-order chi connectivity index (χ1) is 10.5. The van der Waals surface area contributed by atoms with Crippen LogP contribution >= 0.6 is 11.3 Å². The Hall–Kier alpha value is -1.11. The predicted molar refractivity (Wildman–Crippen MR) is 85.9 cm³/mol. The highest BCUT2D eigenvalue weighted by Crippen LogP contribution is 2.36. The summed E-state index contributed by atoms with van der Waals surface area (Å²) in [6, 6.07) is 3.68. The highest BCUT2D eigenvalue weighted by molar-refractivity contribution is 7.10. The number of thiophene rings is 1. The minimum Gasteiger partial charge on any atom is -0.396 e. The van der Waals surface area contributed by atoms with Crippen molar-refractivity contribution in [2.24, 2.45) is 5.41 Å². The van der Waals surface area contributed by atoms with Crippen LogP contribution in [-0.2, 0) is 4.74 Å². The fourth-order valence-electron chi connectivity index (χ4n) is 3.33. The molecule has 3 rings (SSSR count). The molecule has 1 unspecified atom stereocenters. The quantitative estimate of drug-likeness (QED) is 0.779. The third-order valence-corrected chi connectivity index (χ3v) is 5.65. The number of nitrogens with one attached hydrogen (secondary N) is 2. The zero-order chi connectivity index (χ0) is 15.7. The van der Waals surface area contributed by atoms with Gasteiger partial charge in [-0.3, -0.25) is 0 Å². The van der Waals surface area contributed by atoms with E-state index >= 15 is 0 Å². The summed E-state index contributed by atoms with van der Waals surface area (Å²) in [5, 5.41) is 17.7. The third kappa shape index (κ3) is 3.14. The molecule has 2 aliphatic heterocycles. The topological polar surface area (TPSA) is 70.6 Å². The van der Waals surface area contributed by atoms with Gasteiger partial charge in [0.2, 0.25) is 0 Å². The first-order valence-electron chi connectivity index (χ1n) is 7.86. The summed E-state index contributed by atoms with van der Waals surface area (Å²) in [5.41, 5.74) is -0.423. The molecule has 5 nitrogen and oxygen atoms in total. The third-order valence-electron chi connectivity index (χ3n) is 4.71. The molecule has 4 atom stereocenters. The first-order valence-corrected chi connectivity index (χ1v) is 8.74. The van der Waals surface area contributed by atoms with Crippen LogP contribution in [0.2, 0.25) is 0 Å². The average molecular weight is 324 g/mol. The molecule has 22 heavy (non-hydrogen) atoms. The summed E-state index contributed by atoms with van der Waals surface area (Å²) in [6.45, 7) is 3.92. The fourth-order valence-corrected chi connectivity index (χ4v) is 4.31. The molecule has 2 bridgehead atoms. The number of carbonyl (C=O) groups is 1. The molecule has 0 saturated carbocycles. The van der Waals surface area contributed by atoms with Gasteiger partial charge in [-0.25, -0.2) is 4.79 Å². The van der Waals surface area contributed by atoms with E-state index < -0.39 is 5.41 Å². The Balaban J connectivity index is 1.64. The Kier molecular flexibility index (Phi) is 4.43. The second-order valence-electron chi connectivity index (χ2n) is 6.93. The lowest BCUT2D eigenvalue weighted by Gasteiger charge is -2.33.